The van der Waals surface area contributed by atoms with E-state index in [9.17, 15) is 0 Å². The van der Waals surface area contributed by atoms with Crippen molar-refractivity contribution in [2.24, 2.45) is 0 Å². The zero-order valence-electron chi connectivity index (χ0n) is 21.8. The summed E-state index contributed by atoms with van der Waals surface area (Å²) < 4.78 is 2.68. The molecule has 8 rings (SSSR count). The second-order valence-corrected chi connectivity index (χ2v) is 11.3. The molecule has 40 heavy (non-hydrogen) atoms. The summed E-state index contributed by atoms with van der Waals surface area (Å²) in [5.41, 5.74) is 5.91. The topological polar surface area (TPSA) is 3.24 Å². The summed E-state index contributed by atoms with van der Waals surface area (Å²) in [7, 11) is 0. The molecule has 0 saturated carbocycles. The number of rotatable bonds is 4. The Morgan fingerprint density at radius 3 is 1.65 bits per heavy atom. The molecule has 0 atom stereocenters. The van der Waals surface area contributed by atoms with E-state index in [-0.39, 0.29) is 0 Å². The maximum absolute atomic E-state index is 2.40. The van der Waals surface area contributed by atoms with Gasteiger partial charge in [-0.25, -0.2) is 0 Å². The zero-order valence-corrected chi connectivity index (χ0v) is 22.6. The molecule has 1 heterocycles. The summed E-state index contributed by atoms with van der Waals surface area (Å²) in [6, 6.07) is 54.9. The number of hydrogen-bond donors (Lipinski definition) is 0. The van der Waals surface area contributed by atoms with Gasteiger partial charge in [0.25, 0.3) is 0 Å². The molecule has 0 N–H and O–H groups in total. The Bertz CT molecular complexity index is 2100. The molecular weight excluding hydrogens is 502 g/mol. The summed E-state index contributed by atoms with van der Waals surface area (Å²) >= 11 is 1.88. The van der Waals surface area contributed by atoms with Crippen LogP contribution in [0.5, 0.6) is 0 Å². The van der Waals surface area contributed by atoms with Crippen LogP contribution in [-0.4, -0.2) is 0 Å². The largest absolute Gasteiger partial charge is 0.311 e. The van der Waals surface area contributed by atoms with Crippen LogP contribution in [0.4, 0.5) is 17.1 Å². The second-order valence-electron chi connectivity index (χ2n) is 10.2. The first-order valence-electron chi connectivity index (χ1n) is 13.6. The molecule has 2 heteroatoms. The van der Waals surface area contributed by atoms with Gasteiger partial charge in [-0.1, -0.05) is 91.0 Å². The molecule has 1 nitrogen and oxygen atoms in total. The van der Waals surface area contributed by atoms with Crippen LogP contribution in [0.2, 0.25) is 0 Å². The van der Waals surface area contributed by atoms with Crippen molar-refractivity contribution in [1.29, 1.82) is 0 Å². The number of thiophene rings is 1. The van der Waals surface area contributed by atoms with Crippen molar-refractivity contribution in [1.82, 2.24) is 0 Å². The molecule has 0 amide bonds. The van der Waals surface area contributed by atoms with Crippen LogP contribution in [0, 0.1) is 0 Å². The number of fused-ring (bicyclic) bond motifs is 6. The maximum atomic E-state index is 2.40. The predicted octanol–water partition coefficient (Wildman–Crippen LogP) is 11.5. The number of para-hydroxylation sites is 2. The molecule has 0 bridgehead atoms. The average Bonchev–Trinajstić information content (AvgIpc) is 3.39. The Kier molecular flexibility index (Phi) is 5.39. The smallest absolute Gasteiger partial charge is 0.0462 e. The van der Waals surface area contributed by atoms with Gasteiger partial charge in [-0.05, 0) is 93.3 Å². The predicted molar refractivity (Wildman–Crippen MR) is 174 cm³/mol. The van der Waals surface area contributed by atoms with E-state index in [1.807, 2.05) is 11.3 Å². The lowest BCUT2D eigenvalue weighted by molar-refractivity contribution is 1.28. The fourth-order valence-corrected chi connectivity index (χ4v) is 7.09. The highest BCUT2D eigenvalue weighted by Crippen LogP contribution is 2.42. The summed E-state index contributed by atoms with van der Waals surface area (Å²) in [4.78, 5) is 2.31. The molecule has 188 valence electrons. The van der Waals surface area contributed by atoms with Crippen molar-refractivity contribution in [2.45, 2.75) is 0 Å². The van der Waals surface area contributed by atoms with Gasteiger partial charge >= 0.3 is 0 Å². The molecule has 8 aromatic rings. The Morgan fingerprint density at radius 2 is 0.950 bits per heavy atom. The van der Waals surface area contributed by atoms with Gasteiger partial charge in [0.15, 0.2) is 0 Å². The van der Waals surface area contributed by atoms with Crippen LogP contribution < -0.4 is 4.90 Å². The minimum Gasteiger partial charge on any atom is -0.311 e. The van der Waals surface area contributed by atoms with E-state index in [4.69, 9.17) is 0 Å². The molecule has 0 saturated heterocycles. The van der Waals surface area contributed by atoms with Crippen LogP contribution in [-0.2, 0) is 0 Å². The third-order valence-electron chi connectivity index (χ3n) is 7.82. The van der Waals surface area contributed by atoms with E-state index < -0.39 is 0 Å². The quantitative estimate of drug-likeness (QED) is 0.206. The second kappa shape index (κ2) is 9.37. The molecule has 0 aliphatic heterocycles. The van der Waals surface area contributed by atoms with Crippen LogP contribution in [0.25, 0.3) is 52.8 Å². The number of nitrogens with zero attached hydrogens (tertiary/aromatic N) is 1. The van der Waals surface area contributed by atoms with E-state index in [2.05, 4.69) is 157 Å². The van der Waals surface area contributed by atoms with Gasteiger partial charge in [-0.15, -0.1) is 11.3 Å². The SMILES string of the molecule is c1ccc(N(c2ccccc2)c2ccc(-c3cc4cc5sc6ccccc6c5cc4c4ccccc34)cc2)cc1. The summed E-state index contributed by atoms with van der Waals surface area (Å²) in [5.74, 6) is 0. The highest BCUT2D eigenvalue weighted by molar-refractivity contribution is 7.25. The number of benzene rings is 7. The monoisotopic (exact) mass is 527 g/mol. The van der Waals surface area contributed by atoms with E-state index in [0.717, 1.165) is 17.1 Å². The van der Waals surface area contributed by atoms with E-state index in [0.29, 0.717) is 0 Å². The van der Waals surface area contributed by atoms with Gasteiger partial charge in [0.2, 0.25) is 0 Å². The maximum Gasteiger partial charge on any atom is 0.0462 e. The van der Waals surface area contributed by atoms with Crippen molar-refractivity contribution < 1.29 is 0 Å². The highest BCUT2D eigenvalue weighted by atomic mass is 32.1. The van der Waals surface area contributed by atoms with Gasteiger partial charge in [0.1, 0.15) is 0 Å². The zero-order chi connectivity index (χ0) is 26.5. The van der Waals surface area contributed by atoms with E-state index in [1.54, 1.807) is 0 Å². The van der Waals surface area contributed by atoms with Gasteiger partial charge in [0.05, 0.1) is 0 Å². The minimum absolute atomic E-state index is 1.14. The van der Waals surface area contributed by atoms with Crippen LogP contribution in [0.15, 0.2) is 152 Å². The van der Waals surface area contributed by atoms with Gasteiger partial charge in [-0.2, -0.15) is 0 Å². The third kappa shape index (κ3) is 3.77. The lowest BCUT2D eigenvalue weighted by Crippen LogP contribution is -2.09. The van der Waals surface area contributed by atoms with E-state index in [1.165, 1.54) is 52.8 Å². The molecule has 0 radical (unpaired) electrons. The van der Waals surface area contributed by atoms with Crippen LogP contribution in [0.3, 0.4) is 0 Å². The normalized spacial score (nSPS) is 11.5. The molecular formula is C38H25NS. The average molecular weight is 528 g/mol. The first kappa shape index (κ1) is 23.0. The lowest BCUT2D eigenvalue weighted by atomic mass is 9.92. The Hall–Kier alpha value is -4.92. The lowest BCUT2D eigenvalue weighted by Gasteiger charge is -2.25. The fourth-order valence-electron chi connectivity index (χ4n) is 5.96. The van der Waals surface area contributed by atoms with E-state index >= 15 is 0 Å². The highest BCUT2D eigenvalue weighted by Gasteiger charge is 2.15. The fraction of sp³-hybridized carbons (Fsp3) is 0. The Labute approximate surface area is 237 Å². The van der Waals surface area contributed by atoms with Crippen molar-refractivity contribution in [2.75, 3.05) is 4.90 Å². The molecule has 0 spiro atoms. The third-order valence-corrected chi connectivity index (χ3v) is 8.96. The first-order valence-corrected chi connectivity index (χ1v) is 14.4. The molecule has 0 aliphatic carbocycles. The molecule has 7 aromatic carbocycles. The summed E-state index contributed by atoms with van der Waals surface area (Å²) in [5, 5.41) is 7.86. The number of anilines is 3. The molecule has 0 aliphatic rings. The van der Waals surface area contributed by atoms with Crippen molar-refractivity contribution >= 4 is 70.1 Å². The van der Waals surface area contributed by atoms with Gasteiger partial charge in [-0.3, -0.25) is 0 Å². The molecule has 0 unspecified atom stereocenters. The first-order chi connectivity index (χ1) is 19.8. The Balaban J connectivity index is 1.30. The van der Waals surface area contributed by atoms with Crippen molar-refractivity contribution in [3.63, 3.8) is 0 Å². The summed E-state index contributed by atoms with van der Waals surface area (Å²) in [6.45, 7) is 0. The van der Waals surface area contributed by atoms with Gasteiger partial charge < -0.3 is 4.90 Å². The van der Waals surface area contributed by atoms with Crippen LogP contribution in [0.1, 0.15) is 0 Å². The minimum atomic E-state index is 1.14. The van der Waals surface area contributed by atoms with Crippen molar-refractivity contribution in [3.05, 3.63) is 152 Å². The standard InChI is InChI=1S/C38H25NS/c1-3-11-28(12-4-1)39(29-13-5-2-6-14-29)30-21-19-26(20-22-30)34-23-27-24-38-36(33-17-9-10-18-37(33)40-38)25-35(27)32-16-8-7-15-31(32)34/h1-25H. The van der Waals surface area contributed by atoms with Crippen LogP contribution >= 0.6 is 11.3 Å². The molecule has 0 fully saturated rings. The molecule has 1 aromatic heterocycles. The summed E-state index contributed by atoms with van der Waals surface area (Å²) in [6.07, 6.45) is 0. The number of hydrogen-bond acceptors (Lipinski definition) is 2. The van der Waals surface area contributed by atoms with Gasteiger partial charge in [0, 0.05) is 37.2 Å². The Morgan fingerprint density at radius 1 is 0.375 bits per heavy atom. The van der Waals surface area contributed by atoms with Crippen molar-refractivity contribution in [3.8, 4) is 11.1 Å².